The van der Waals surface area contributed by atoms with Crippen molar-refractivity contribution in [2.24, 2.45) is 4.99 Å². The van der Waals surface area contributed by atoms with Crippen LogP contribution >= 0.6 is 0 Å². The largest absolute Gasteiger partial charge is 0.435 e. The van der Waals surface area contributed by atoms with Gasteiger partial charge in [-0.25, -0.2) is 0 Å². The molecular formula is C13H15F2N3O2. The Hall–Kier alpha value is -2.18. The van der Waals surface area contributed by atoms with Gasteiger partial charge in [-0.05, 0) is 24.1 Å². The molecule has 1 aromatic rings. The summed E-state index contributed by atoms with van der Waals surface area (Å²) in [6, 6.07) is 5.37. The highest BCUT2D eigenvalue weighted by Gasteiger charge is 2.29. The van der Waals surface area contributed by atoms with E-state index in [1.165, 1.54) is 12.1 Å². The third kappa shape index (κ3) is 3.43. The van der Waals surface area contributed by atoms with Crippen LogP contribution in [0.3, 0.4) is 0 Å². The number of benzene rings is 1. The van der Waals surface area contributed by atoms with Crippen LogP contribution in [0.5, 0.6) is 5.75 Å². The van der Waals surface area contributed by atoms with Crippen molar-refractivity contribution >= 4 is 11.9 Å². The number of nitrogens with zero attached hydrogens (tertiary/aromatic N) is 1. The summed E-state index contributed by atoms with van der Waals surface area (Å²) in [4.78, 5) is 16.0. The zero-order chi connectivity index (χ0) is 14.5. The van der Waals surface area contributed by atoms with Crippen LogP contribution in [-0.2, 0) is 4.79 Å². The summed E-state index contributed by atoms with van der Waals surface area (Å²) in [6.45, 7) is -0.252. The van der Waals surface area contributed by atoms with Gasteiger partial charge < -0.3 is 10.1 Å². The van der Waals surface area contributed by atoms with Crippen molar-refractivity contribution in [1.82, 2.24) is 10.6 Å². The number of guanidine groups is 1. The van der Waals surface area contributed by atoms with Gasteiger partial charge in [0.15, 0.2) is 5.96 Å². The van der Waals surface area contributed by atoms with Gasteiger partial charge in [-0.2, -0.15) is 8.78 Å². The van der Waals surface area contributed by atoms with Gasteiger partial charge in [0.05, 0.1) is 0 Å². The Morgan fingerprint density at radius 1 is 1.35 bits per heavy atom. The Bertz CT molecular complexity index is 503. The summed E-state index contributed by atoms with van der Waals surface area (Å²) < 4.78 is 28.3. The lowest BCUT2D eigenvalue weighted by atomic mass is 10.1. The quantitative estimate of drug-likeness (QED) is 0.866. The monoisotopic (exact) mass is 283 g/mol. The fourth-order valence-corrected chi connectivity index (χ4v) is 1.81. The molecule has 1 heterocycles. The Morgan fingerprint density at radius 3 is 2.65 bits per heavy atom. The number of carbonyl (C=O) groups excluding carboxylic acids is 1. The number of ether oxygens (including phenoxy) is 1. The van der Waals surface area contributed by atoms with Gasteiger partial charge in [-0.1, -0.05) is 19.1 Å². The molecule has 20 heavy (non-hydrogen) atoms. The highest BCUT2D eigenvalue weighted by Crippen LogP contribution is 2.21. The van der Waals surface area contributed by atoms with Gasteiger partial charge in [0.25, 0.3) is 5.91 Å². The molecule has 1 saturated heterocycles. The van der Waals surface area contributed by atoms with Crippen molar-refractivity contribution < 1.29 is 18.3 Å². The van der Waals surface area contributed by atoms with Gasteiger partial charge in [0.1, 0.15) is 11.8 Å². The predicted octanol–water partition coefficient (Wildman–Crippen LogP) is 1.81. The third-order valence-electron chi connectivity index (χ3n) is 2.72. The lowest BCUT2D eigenvalue weighted by Gasteiger charge is -2.09. The average molecular weight is 283 g/mol. The lowest BCUT2D eigenvalue weighted by molar-refractivity contribution is -0.120. The van der Waals surface area contributed by atoms with E-state index in [4.69, 9.17) is 0 Å². The number of amides is 1. The Balaban J connectivity index is 2.06. The molecule has 1 aliphatic rings. The summed E-state index contributed by atoms with van der Waals surface area (Å²) in [7, 11) is 0. The van der Waals surface area contributed by atoms with E-state index < -0.39 is 12.7 Å². The lowest BCUT2D eigenvalue weighted by Crippen LogP contribution is -2.25. The first-order valence-corrected chi connectivity index (χ1v) is 6.26. The molecule has 0 bridgehead atoms. The molecule has 0 radical (unpaired) electrons. The second kappa shape index (κ2) is 6.31. The second-order valence-electron chi connectivity index (χ2n) is 4.24. The molecule has 1 amide bonds. The summed E-state index contributed by atoms with van der Waals surface area (Å²) >= 11 is 0. The SMILES string of the molecule is CCCN=C1NC(=O)C(c2ccc(OC(F)F)cc2)N1. The highest BCUT2D eigenvalue weighted by molar-refractivity contribution is 6.06. The molecule has 1 aromatic carbocycles. The summed E-state index contributed by atoms with van der Waals surface area (Å²) in [6.07, 6.45) is 0.880. The van der Waals surface area contributed by atoms with E-state index in [1.807, 2.05) is 6.92 Å². The molecule has 5 nitrogen and oxygen atoms in total. The van der Waals surface area contributed by atoms with E-state index in [0.717, 1.165) is 6.42 Å². The molecule has 0 saturated carbocycles. The molecule has 1 aliphatic heterocycles. The van der Waals surface area contributed by atoms with E-state index in [1.54, 1.807) is 12.1 Å². The van der Waals surface area contributed by atoms with Gasteiger partial charge >= 0.3 is 6.61 Å². The number of halogens is 2. The average Bonchev–Trinajstić information content (AvgIpc) is 2.78. The normalized spacial score (nSPS) is 20.1. The Kier molecular flexibility index (Phi) is 4.49. The summed E-state index contributed by atoms with van der Waals surface area (Å²) in [5.74, 6) is 0.277. The maximum absolute atomic E-state index is 12.0. The molecular weight excluding hydrogens is 268 g/mol. The Morgan fingerprint density at radius 2 is 2.05 bits per heavy atom. The van der Waals surface area contributed by atoms with Gasteiger partial charge in [0, 0.05) is 6.54 Å². The van der Waals surface area contributed by atoms with Crippen LogP contribution in [0.2, 0.25) is 0 Å². The fourth-order valence-electron chi connectivity index (χ4n) is 1.81. The number of hydrogen-bond acceptors (Lipinski definition) is 3. The first-order chi connectivity index (χ1) is 9.60. The maximum atomic E-state index is 12.0. The van der Waals surface area contributed by atoms with Crippen molar-refractivity contribution in [3.63, 3.8) is 0 Å². The van der Waals surface area contributed by atoms with E-state index in [0.29, 0.717) is 18.1 Å². The molecule has 0 spiro atoms. The minimum absolute atomic E-state index is 0.0574. The van der Waals surface area contributed by atoms with Crippen molar-refractivity contribution in [1.29, 1.82) is 0 Å². The van der Waals surface area contributed by atoms with E-state index in [-0.39, 0.29) is 11.7 Å². The molecule has 108 valence electrons. The third-order valence-corrected chi connectivity index (χ3v) is 2.72. The van der Waals surface area contributed by atoms with Crippen molar-refractivity contribution in [2.45, 2.75) is 26.0 Å². The zero-order valence-electron chi connectivity index (χ0n) is 10.9. The predicted molar refractivity (Wildman–Crippen MR) is 69.7 cm³/mol. The van der Waals surface area contributed by atoms with Crippen molar-refractivity contribution in [3.05, 3.63) is 29.8 Å². The van der Waals surface area contributed by atoms with Crippen LogP contribution in [0, 0.1) is 0 Å². The van der Waals surface area contributed by atoms with Gasteiger partial charge in [-0.15, -0.1) is 0 Å². The van der Waals surface area contributed by atoms with Gasteiger partial charge in [0.2, 0.25) is 0 Å². The number of carbonyl (C=O) groups is 1. The number of rotatable bonds is 5. The molecule has 1 unspecified atom stereocenters. The smallest absolute Gasteiger partial charge is 0.387 e. The minimum Gasteiger partial charge on any atom is -0.435 e. The van der Waals surface area contributed by atoms with E-state index in [2.05, 4.69) is 20.4 Å². The first-order valence-electron chi connectivity index (χ1n) is 6.26. The molecule has 0 aliphatic carbocycles. The molecule has 0 aromatic heterocycles. The van der Waals surface area contributed by atoms with Crippen LogP contribution in [0.1, 0.15) is 24.9 Å². The van der Waals surface area contributed by atoms with Crippen LogP contribution in [0.15, 0.2) is 29.3 Å². The number of alkyl halides is 2. The molecule has 1 fully saturated rings. The highest BCUT2D eigenvalue weighted by atomic mass is 19.3. The van der Waals surface area contributed by atoms with Crippen molar-refractivity contribution in [3.8, 4) is 5.75 Å². The molecule has 2 N–H and O–H groups in total. The van der Waals surface area contributed by atoms with Crippen LogP contribution in [-0.4, -0.2) is 25.0 Å². The fraction of sp³-hybridized carbons (Fsp3) is 0.385. The van der Waals surface area contributed by atoms with Crippen LogP contribution < -0.4 is 15.4 Å². The van der Waals surface area contributed by atoms with Gasteiger partial charge in [-0.3, -0.25) is 15.1 Å². The second-order valence-corrected chi connectivity index (χ2v) is 4.24. The first kappa shape index (κ1) is 14.2. The van der Waals surface area contributed by atoms with Crippen LogP contribution in [0.25, 0.3) is 0 Å². The maximum Gasteiger partial charge on any atom is 0.387 e. The standard InChI is InChI=1S/C13H15F2N3O2/c1-2-7-16-13-17-10(11(19)18-13)8-3-5-9(6-4-8)20-12(14)15/h3-6,10,12H,2,7H2,1H3,(H2,16,17,18,19). The number of hydrogen-bond donors (Lipinski definition) is 2. The van der Waals surface area contributed by atoms with Crippen LogP contribution in [0.4, 0.5) is 8.78 Å². The molecule has 2 rings (SSSR count). The minimum atomic E-state index is -2.86. The number of aliphatic imine (C=N–C) groups is 1. The Labute approximate surface area is 115 Å². The molecule has 1 atom stereocenters. The topological polar surface area (TPSA) is 62.7 Å². The number of nitrogens with one attached hydrogen (secondary N) is 2. The molecule has 7 heteroatoms. The zero-order valence-corrected chi connectivity index (χ0v) is 10.9. The summed E-state index contributed by atoms with van der Waals surface area (Å²) in [5, 5.41) is 5.59. The van der Waals surface area contributed by atoms with E-state index in [9.17, 15) is 13.6 Å². The summed E-state index contributed by atoms with van der Waals surface area (Å²) in [5.41, 5.74) is 0.658. The van der Waals surface area contributed by atoms with E-state index >= 15 is 0 Å². The van der Waals surface area contributed by atoms with Crippen molar-refractivity contribution in [2.75, 3.05) is 6.54 Å².